The van der Waals surface area contributed by atoms with Gasteiger partial charge in [-0.05, 0) is 31.2 Å². The molecule has 0 atom stereocenters. The minimum atomic E-state index is -0.299. The molecule has 0 bridgehead atoms. The molecule has 0 spiro atoms. The monoisotopic (exact) mass is 400 g/mol. The lowest BCUT2D eigenvalue weighted by atomic mass is 10.1. The lowest BCUT2D eigenvalue weighted by Gasteiger charge is -2.10. The van der Waals surface area contributed by atoms with Crippen molar-refractivity contribution >= 4 is 21.8 Å². The van der Waals surface area contributed by atoms with E-state index in [1.54, 1.807) is 7.11 Å². The number of hydrogen-bond donors (Lipinski definition) is 1. The van der Waals surface area contributed by atoms with Gasteiger partial charge in [0.2, 0.25) is 0 Å². The molecule has 0 aliphatic carbocycles. The molecule has 0 fully saturated rings. The van der Waals surface area contributed by atoms with Crippen LogP contribution in [-0.4, -0.2) is 18.0 Å². The van der Waals surface area contributed by atoms with E-state index >= 15 is 0 Å². The van der Waals surface area contributed by atoms with Crippen LogP contribution in [0.1, 0.15) is 21.6 Å². The van der Waals surface area contributed by atoms with E-state index in [0.717, 1.165) is 21.2 Å². The molecule has 3 aromatic rings. The van der Waals surface area contributed by atoms with Crippen LogP contribution in [0.3, 0.4) is 0 Å². The molecule has 1 amide bonds. The zero-order chi connectivity index (χ0) is 17.8. The number of nitrogens with one attached hydrogen (secondary N) is 1. The molecule has 0 unspecified atom stereocenters. The Morgan fingerprint density at radius 2 is 2.12 bits per heavy atom. The Kier molecular flexibility index (Phi) is 5.19. The zero-order valence-corrected chi connectivity index (χ0v) is 15.5. The molecular formula is C19H17BrN2O3. The minimum Gasteiger partial charge on any atom is -0.496 e. The average molecular weight is 401 g/mol. The van der Waals surface area contributed by atoms with E-state index in [9.17, 15) is 4.79 Å². The lowest BCUT2D eigenvalue weighted by molar-refractivity contribution is 0.0946. The lowest BCUT2D eigenvalue weighted by Crippen LogP contribution is -2.24. The third kappa shape index (κ3) is 3.91. The number of aryl methyl sites for hydroxylation is 1. The number of methoxy groups -OCH3 is 1. The third-order valence-electron chi connectivity index (χ3n) is 3.74. The first-order valence-corrected chi connectivity index (χ1v) is 8.49. The van der Waals surface area contributed by atoms with E-state index in [2.05, 4.69) is 26.2 Å². The van der Waals surface area contributed by atoms with Gasteiger partial charge in [0.15, 0.2) is 17.8 Å². The maximum Gasteiger partial charge on any atom is 0.274 e. The van der Waals surface area contributed by atoms with Gasteiger partial charge in [0.05, 0.1) is 7.11 Å². The fourth-order valence-electron chi connectivity index (χ4n) is 2.54. The molecule has 25 heavy (non-hydrogen) atoms. The van der Waals surface area contributed by atoms with Gasteiger partial charge < -0.3 is 14.5 Å². The highest BCUT2D eigenvalue weighted by Crippen LogP contribution is 2.25. The predicted molar refractivity (Wildman–Crippen MR) is 98.5 cm³/mol. The minimum absolute atomic E-state index is 0.263. The number of oxazole rings is 1. The molecule has 6 heteroatoms. The third-order valence-corrected chi connectivity index (χ3v) is 4.24. The smallest absolute Gasteiger partial charge is 0.274 e. The number of halogens is 1. The number of benzene rings is 2. The average Bonchev–Trinajstić information content (AvgIpc) is 3.09. The van der Waals surface area contributed by atoms with E-state index in [1.165, 1.54) is 6.39 Å². The Balaban J connectivity index is 1.79. The van der Waals surface area contributed by atoms with Crippen LogP contribution >= 0.6 is 15.9 Å². The predicted octanol–water partition coefficient (Wildman–Crippen LogP) is 4.35. The first-order valence-electron chi connectivity index (χ1n) is 7.69. The zero-order valence-electron chi connectivity index (χ0n) is 13.9. The maximum atomic E-state index is 12.6. The largest absolute Gasteiger partial charge is 0.496 e. The molecule has 0 radical (unpaired) electrons. The van der Waals surface area contributed by atoms with Crippen LogP contribution in [0, 0.1) is 6.92 Å². The molecule has 0 aliphatic heterocycles. The molecule has 1 N–H and O–H groups in total. The Morgan fingerprint density at radius 1 is 1.28 bits per heavy atom. The normalized spacial score (nSPS) is 10.5. The van der Waals surface area contributed by atoms with Gasteiger partial charge in [-0.1, -0.05) is 39.7 Å². The molecule has 128 valence electrons. The summed E-state index contributed by atoms with van der Waals surface area (Å²) >= 11 is 3.42. The first kappa shape index (κ1) is 17.2. The molecular weight excluding hydrogens is 384 g/mol. The summed E-state index contributed by atoms with van der Waals surface area (Å²) in [4.78, 5) is 16.6. The number of carbonyl (C=O) groups excluding carboxylic acids is 1. The second-order valence-corrected chi connectivity index (χ2v) is 6.45. The molecule has 0 aliphatic rings. The first-order chi connectivity index (χ1) is 12.1. The standard InChI is InChI=1S/C19H17BrN2O3/c1-12-4-3-5-13(8-12)18-17(22-11-25-18)19(23)21-10-14-9-15(20)6-7-16(14)24-2/h3-9,11H,10H2,1-2H3,(H,21,23). The molecule has 0 saturated heterocycles. The van der Waals surface area contributed by atoms with Crippen molar-refractivity contribution in [3.8, 4) is 17.1 Å². The quantitative estimate of drug-likeness (QED) is 0.691. The molecule has 2 aromatic carbocycles. The fourth-order valence-corrected chi connectivity index (χ4v) is 2.95. The number of rotatable bonds is 5. The number of amides is 1. The van der Waals surface area contributed by atoms with Crippen LogP contribution in [0.15, 0.2) is 57.7 Å². The van der Waals surface area contributed by atoms with Gasteiger partial charge in [0, 0.05) is 22.1 Å². The number of ether oxygens (including phenoxy) is 1. The molecule has 3 rings (SSSR count). The number of carbonyl (C=O) groups is 1. The van der Waals surface area contributed by atoms with Gasteiger partial charge in [-0.3, -0.25) is 4.79 Å². The Hall–Kier alpha value is -2.60. The number of hydrogen-bond acceptors (Lipinski definition) is 4. The topological polar surface area (TPSA) is 64.4 Å². The van der Waals surface area contributed by atoms with Gasteiger partial charge in [0.25, 0.3) is 5.91 Å². The summed E-state index contributed by atoms with van der Waals surface area (Å²) in [6, 6.07) is 13.4. The number of aromatic nitrogens is 1. The van der Waals surface area contributed by atoms with Crippen molar-refractivity contribution in [1.29, 1.82) is 0 Å². The van der Waals surface area contributed by atoms with E-state index < -0.39 is 0 Å². The molecule has 5 nitrogen and oxygen atoms in total. The summed E-state index contributed by atoms with van der Waals surface area (Å²) < 4.78 is 11.7. The van der Waals surface area contributed by atoms with Crippen LogP contribution in [0.25, 0.3) is 11.3 Å². The summed E-state index contributed by atoms with van der Waals surface area (Å²) in [5.41, 5.74) is 3.03. The van der Waals surface area contributed by atoms with Gasteiger partial charge >= 0.3 is 0 Å². The Morgan fingerprint density at radius 3 is 2.88 bits per heavy atom. The van der Waals surface area contributed by atoms with Crippen LogP contribution < -0.4 is 10.1 Å². The highest BCUT2D eigenvalue weighted by molar-refractivity contribution is 9.10. The van der Waals surface area contributed by atoms with Crippen molar-refractivity contribution in [2.24, 2.45) is 0 Å². The molecule has 0 saturated carbocycles. The SMILES string of the molecule is COc1ccc(Br)cc1CNC(=O)c1ncoc1-c1cccc(C)c1. The van der Waals surface area contributed by atoms with Crippen LogP contribution in [0.4, 0.5) is 0 Å². The van der Waals surface area contributed by atoms with Crippen LogP contribution in [0.2, 0.25) is 0 Å². The van der Waals surface area contributed by atoms with Gasteiger partial charge in [0.1, 0.15) is 5.75 Å². The Labute approximate surface area is 154 Å². The Bertz CT molecular complexity index is 905. The fraction of sp³-hybridized carbons (Fsp3) is 0.158. The van der Waals surface area contributed by atoms with Crippen LogP contribution in [0.5, 0.6) is 5.75 Å². The van der Waals surface area contributed by atoms with E-state index in [1.807, 2.05) is 49.4 Å². The van der Waals surface area contributed by atoms with Crippen molar-refractivity contribution < 1.29 is 13.9 Å². The van der Waals surface area contributed by atoms with Crippen molar-refractivity contribution in [2.75, 3.05) is 7.11 Å². The van der Waals surface area contributed by atoms with Crippen molar-refractivity contribution in [3.05, 3.63) is 70.2 Å². The van der Waals surface area contributed by atoms with E-state index in [4.69, 9.17) is 9.15 Å². The summed E-state index contributed by atoms with van der Waals surface area (Å²) in [6.07, 6.45) is 1.28. The van der Waals surface area contributed by atoms with Gasteiger partial charge in [-0.25, -0.2) is 4.98 Å². The summed E-state index contributed by atoms with van der Waals surface area (Å²) in [5, 5.41) is 2.87. The second kappa shape index (κ2) is 7.53. The van der Waals surface area contributed by atoms with Crippen LogP contribution in [-0.2, 0) is 6.54 Å². The summed E-state index contributed by atoms with van der Waals surface area (Å²) in [7, 11) is 1.60. The van der Waals surface area contributed by atoms with E-state index in [-0.39, 0.29) is 11.6 Å². The number of nitrogens with zero attached hydrogens (tertiary/aromatic N) is 1. The van der Waals surface area contributed by atoms with E-state index in [0.29, 0.717) is 18.1 Å². The van der Waals surface area contributed by atoms with Crippen molar-refractivity contribution in [2.45, 2.75) is 13.5 Å². The van der Waals surface area contributed by atoms with Crippen molar-refractivity contribution in [3.63, 3.8) is 0 Å². The van der Waals surface area contributed by atoms with Gasteiger partial charge in [-0.15, -0.1) is 0 Å². The molecule has 1 heterocycles. The summed E-state index contributed by atoms with van der Waals surface area (Å²) in [5.74, 6) is 0.872. The highest BCUT2D eigenvalue weighted by atomic mass is 79.9. The van der Waals surface area contributed by atoms with Gasteiger partial charge in [-0.2, -0.15) is 0 Å². The highest BCUT2D eigenvalue weighted by Gasteiger charge is 2.18. The summed E-state index contributed by atoms with van der Waals surface area (Å²) in [6.45, 7) is 2.31. The van der Waals surface area contributed by atoms with Crippen molar-refractivity contribution in [1.82, 2.24) is 10.3 Å². The maximum absolute atomic E-state index is 12.6. The molecule has 1 aromatic heterocycles. The second-order valence-electron chi connectivity index (χ2n) is 5.54.